The third-order valence-electron chi connectivity index (χ3n) is 4.13. The van der Waals surface area contributed by atoms with Crippen molar-refractivity contribution in [2.45, 2.75) is 38.3 Å². The molecule has 2 nitrogen and oxygen atoms in total. The number of thiophene rings is 1. The van der Waals surface area contributed by atoms with Crippen LogP contribution in [-0.2, 0) is 11.2 Å². The number of rotatable bonds is 6. The lowest BCUT2D eigenvalue weighted by molar-refractivity contribution is 0.0293. The third-order valence-corrected chi connectivity index (χ3v) is 4.83. The SMILES string of the molecule is CCCNC(CC1OCCc2ccccc21)c1ccsc1. The summed E-state index contributed by atoms with van der Waals surface area (Å²) in [5.41, 5.74) is 4.22. The topological polar surface area (TPSA) is 21.3 Å². The van der Waals surface area contributed by atoms with Gasteiger partial charge < -0.3 is 10.1 Å². The van der Waals surface area contributed by atoms with Crippen molar-refractivity contribution in [3.63, 3.8) is 0 Å². The van der Waals surface area contributed by atoms with Gasteiger partial charge in [-0.1, -0.05) is 31.2 Å². The van der Waals surface area contributed by atoms with Crippen molar-refractivity contribution in [1.29, 1.82) is 0 Å². The van der Waals surface area contributed by atoms with Gasteiger partial charge in [-0.3, -0.25) is 0 Å². The highest BCUT2D eigenvalue weighted by Crippen LogP contribution is 2.34. The molecule has 1 aromatic carbocycles. The van der Waals surface area contributed by atoms with Crippen molar-refractivity contribution in [3.8, 4) is 0 Å². The van der Waals surface area contributed by atoms with Gasteiger partial charge in [-0.05, 0) is 59.3 Å². The zero-order valence-electron chi connectivity index (χ0n) is 12.5. The van der Waals surface area contributed by atoms with Gasteiger partial charge in [0.15, 0.2) is 0 Å². The van der Waals surface area contributed by atoms with Gasteiger partial charge in [0, 0.05) is 6.04 Å². The molecule has 0 radical (unpaired) electrons. The molecule has 0 fully saturated rings. The van der Waals surface area contributed by atoms with Gasteiger partial charge in [0.05, 0.1) is 12.7 Å². The normalized spacial score (nSPS) is 19.2. The van der Waals surface area contributed by atoms with Crippen LogP contribution < -0.4 is 5.32 Å². The van der Waals surface area contributed by atoms with Crippen LogP contribution in [0.3, 0.4) is 0 Å². The second-order valence-electron chi connectivity index (χ2n) is 5.61. The van der Waals surface area contributed by atoms with E-state index in [1.54, 1.807) is 11.3 Å². The van der Waals surface area contributed by atoms with Gasteiger partial charge in [0.1, 0.15) is 0 Å². The summed E-state index contributed by atoms with van der Waals surface area (Å²) >= 11 is 1.77. The van der Waals surface area contributed by atoms with E-state index in [9.17, 15) is 0 Å². The molecule has 3 heteroatoms. The average molecular weight is 301 g/mol. The minimum atomic E-state index is 0.212. The summed E-state index contributed by atoms with van der Waals surface area (Å²) in [4.78, 5) is 0. The molecule has 0 bridgehead atoms. The summed E-state index contributed by atoms with van der Waals surface area (Å²) in [5.74, 6) is 0. The monoisotopic (exact) mass is 301 g/mol. The molecule has 3 rings (SSSR count). The Kier molecular flexibility index (Phi) is 5.07. The molecule has 112 valence electrons. The Bertz CT molecular complexity index is 552. The molecule has 2 aromatic rings. The predicted molar refractivity (Wildman–Crippen MR) is 88.8 cm³/mol. The Labute approximate surface area is 131 Å². The number of ether oxygens (including phenoxy) is 1. The summed E-state index contributed by atoms with van der Waals surface area (Å²) < 4.78 is 6.08. The van der Waals surface area contributed by atoms with E-state index in [0.29, 0.717) is 6.04 Å². The molecule has 2 atom stereocenters. The first-order valence-corrected chi connectivity index (χ1v) is 8.77. The number of nitrogens with one attached hydrogen (secondary N) is 1. The molecule has 2 heterocycles. The standard InChI is InChI=1S/C18H23NOS/c1-2-9-19-17(15-8-11-21-13-15)12-18-16-6-4-3-5-14(16)7-10-20-18/h3-6,8,11,13,17-19H,2,7,9-10,12H2,1H3. The van der Waals surface area contributed by atoms with Crippen LogP contribution in [0.5, 0.6) is 0 Å². The summed E-state index contributed by atoms with van der Waals surface area (Å²) in [7, 11) is 0. The minimum absolute atomic E-state index is 0.212. The zero-order valence-corrected chi connectivity index (χ0v) is 13.4. The molecule has 1 aliphatic rings. The van der Waals surface area contributed by atoms with Crippen molar-refractivity contribution in [2.75, 3.05) is 13.2 Å². The molecule has 0 saturated carbocycles. The zero-order chi connectivity index (χ0) is 14.5. The van der Waals surface area contributed by atoms with Crippen molar-refractivity contribution >= 4 is 11.3 Å². The Balaban J connectivity index is 1.77. The Morgan fingerprint density at radius 1 is 1.33 bits per heavy atom. The van der Waals surface area contributed by atoms with Gasteiger partial charge in [-0.15, -0.1) is 0 Å². The molecule has 0 aliphatic carbocycles. The highest BCUT2D eigenvalue weighted by Gasteiger charge is 2.24. The molecule has 0 saturated heterocycles. The maximum atomic E-state index is 6.08. The molecule has 2 unspecified atom stereocenters. The first-order chi connectivity index (χ1) is 10.4. The van der Waals surface area contributed by atoms with E-state index in [4.69, 9.17) is 4.74 Å². The molecular formula is C18H23NOS. The summed E-state index contributed by atoms with van der Waals surface area (Å²) in [5, 5.41) is 8.09. The molecule has 0 amide bonds. The van der Waals surface area contributed by atoms with Crippen molar-refractivity contribution in [2.24, 2.45) is 0 Å². The van der Waals surface area contributed by atoms with Gasteiger partial charge >= 0.3 is 0 Å². The second kappa shape index (κ2) is 7.21. The summed E-state index contributed by atoms with van der Waals surface area (Å²) in [6.07, 6.45) is 3.42. The first-order valence-electron chi connectivity index (χ1n) is 7.83. The predicted octanol–water partition coefficient (Wildman–Crippen LogP) is 4.49. The molecule has 1 N–H and O–H groups in total. The number of hydrogen-bond acceptors (Lipinski definition) is 3. The van der Waals surface area contributed by atoms with E-state index in [1.807, 2.05) is 0 Å². The minimum Gasteiger partial charge on any atom is -0.373 e. The Hall–Kier alpha value is -1.16. The Morgan fingerprint density at radius 2 is 2.24 bits per heavy atom. The van der Waals surface area contributed by atoms with Crippen LogP contribution in [0.4, 0.5) is 0 Å². The van der Waals surface area contributed by atoms with Crippen LogP contribution in [0.1, 0.15) is 48.6 Å². The number of hydrogen-bond donors (Lipinski definition) is 1. The van der Waals surface area contributed by atoms with Crippen LogP contribution >= 0.6 is 11.3 Å². The number of fused-ring (bicyclic) bond motifs is 1. The molecule has 1 aromatic heterocycles. The van der Waals surface area contributed by atoms with Crippen molar-refractivity contribution in [3.05, 3.63) is 57.8 Å². The van der Waals surface area contributed by atoms with Gasteiger partial charge in [0.25, 0.3) is 0 Å². The van der Waals surface area contributed by atoms with E-state index in [0.717, 1.165) is 32.4 Å². The third kappa shape index (κ3) is 3.54. The fourth-order valence-corrected chi connectivity index (χ4v) is 3.73. The molecular weight excluding hydrogens is 278 g/mol. The van der Waals surface area contributed by atoms with Crippen LogP contribution in [0.25, 0.3) is 0 Å². The lowest BCUT2D eigenvalue weighted by Crippen LogP contribution is -2.26. The van der Waals surface area contributed by atoms with E-state index < -0.39 is 0 Å². The van der Waals surface area contributed by atoms with E-state index in [2.05, 4.69) is 53.3 Å². The lowest BCUT2D eigenvalue weighted by atomic mass is 9.92. The van der Waals surface area contributed by atoms with E-state index in [1.165, 1.54) is 16.7 Å². The maximum Gasteiger partial charge on any atom is 0.0845 e. The van der Waals surface area contributed by atoms with Crippen LogP contribution in [-0.4, -0.2) is 13.2 Å². The van der Waals surface area contributed by atoms with Crippen LogP contribution in [0.2, 0.25) is 0 Å². The molecule has 0 spiro atoms. The fraction of sp³-hybridized carbons (Fsp3) is 0.444. The van der Waals surface area contributed by atoms with Crippen LogP contribution in [0, 0.1) is 0 Å². The Morgan fingerprint density at radius 3 is 3.05 bits per heavy atom. The first kappa shape index (κ1) is 14.8. The van der Waals surface area contributed by atoms with Crippen molar-refractivity contribution < 1.29 is 4.74 Å². The van der Waals surface area contributed by atoms with Gasteiger partial charge in [0.2, 0.25) is 0 Å². The molecule has 1 aliphatic heterocycles. The van der Waals surface area contributed by atoms with E-state index >= 15 is 0 Å². The van der Waals surface area contributed by atoms with E-state index in [-0.39, 0.29) is 6.10 Å². The highest BCUT2D eigenvalue weighted by molar-refractivity contribution is 7.07. The maximum absolute atomic E-state index is 6.08. The van der Waals surface area contributed by atoms with Crippen molar-refractivity contribution in [1.82, 2.24) is 5.32 Å². The largest absolute Gasteiger partial charge is 0.373 e. The molecule has 21 heavy (non-hydrogen) atoms. The second-order valence-corrected chi connectivity index (χ2v) is 6.39. The van der Waals surface area contributed by atoms with Crippen LogP contribution in [0.15, 0.2) is 41.1 Å². The van der Waals surface area contributed by atoms with Gasteiger partial charge in [-0.2, -0.15) is 11.3 Å². The smallest absolute Gasteiger partial charge is 0.0845 e. The summed E-state index contributed by atoms with van der Waals surface area (Å²) in [6.45, 7) is 4.10. The quantitative estimate of drug-likeness (QED) is 0.848. The average Bonchev–Trinajstić information content (AvgIpc) is 3.06. The highest BCUT2D eigenvalue weighted by atomic mass is 32.1. The lowest BCUT2D eigenvalue weighted by Gasteiger charge is -2.29. The fourth-order valence-electron chi connectivity index (χ4n) is 3.02. The number of benzene rings is 1. The van der Waals surface area contributed by atoms with Gasteiger partial charge in [-0.25, -0.2) is 0 Å². The summed E-state index contributed by atoms with van der Waals surface area (Å²) in [6, 6.07) is 11.3.